The maximum absolute atomic E-state index is 9.55. The van der Waals surface area contributed by atoms with Crippen LogP contribution >= 0.6 is 23.2 Å². The van der Waals surface area contributed by atoms with Crippen LogP contribution in [0.4, 0.5) is 0 Å². The number of alkyl halides is 2. The molecule has 66 valence electrons. The molecule has 1 heterocycles. The molecule has 1 fully saturated rings. The van der Waals surface area contributed by atoms with Crippen LogP contribution in [0.2, 0.25) is 0 Å². The van der Waals surface area contributed by atoms with E-state index in [-0.39, 0.29) is 11.6 Å². The van der Waals surface area contributed by atoms with Crippen LogP contribution in [0.1, 0.15) is 26.7 Å². The second-order valence-electron chi connectivity index (χ2n) is 3.60. The Hall–Kier alpha value is 0.500. The quantitative estimate of drug-likeness (QED) is 0.654. The number of nitrogens with zero attached hydrogens (tertiary/aromatic N) is 1. The third kappa shape index (κ3) is 1.81. The first-order valence-corrected chi connectivity index (χ1v) is 4.59. The van der Waals surface area contributed by atoms with Crippen molar-refractivity contribution in [3.63, 3.8) is 0 Å². The van der Waals surface area contributed by atoms with Gasteiger partial charge in [-0.3, -0.25) is 0 Å². The zero-order chi connectivity index (χ0) is 8.65. The van der Waals surface area contributed by atoms with Gasteiger partial charge in [-0.05, 0) is 26.7 Å². The third-order valence-corrected chi connectivity index (χ3v) is 2.86. The molecule has 0 aliphatic carbocycles. The number of hydrogen-bond donors (Lipinski definition) is 1. The molecule has 0 saturated carbocycles. The summed E-state index contributed by atoms with van der Waals surface area (Å²) >= 11 is 11.3. The monoisotopic (exact) mass is 197 g/mol. The molecule has 1 rings (SSSR count). The standard InChI is InChI=1S/C7H13Cl2NO/c1-7(2)4-3-5(6(8)9)10(7)11/h5-6,11H,3-4H2,1-2H3/t5-/m1/s1. The lowest BCUT2D eigenvalue weighted by atomic mass is 10.0. The number of halogens is 2. The predicted molar refractivity (Wildman–Crippen MR) is 46.2 cm³/mol. The van der Waals surface area contributed by atoms with E-state index in [9.17, 15) is 5.21 Å². The SMILES string of the molecule is CC1(C)CC[C@H](C(Cl)Cl)N1O. The first-order valence-electron chi connectivity index (χ1n) is 3.71. The van der Waals surface area contributed by atoms with Gasteiger partial charge < -0.3 is 5.21 Å². The van der Waals surface area contributed by atoms with E-state index in [0.29, 0.717) is 0 Å². The Kier molecular flexibility index (Phi) is 2.70. The molecule has 0 aromatic carbocycles. The molecule has 0 amide bonds. The fourth-order valence-electron chi connectivity index (χ4n) is 1.42. The zero-order valence-electron chi connectivity index (χ0n) is 6.72. The molecular weight excluding hydrogens is 185 g/mol. The second-order valence-corrected chi connectivity index (χ2v) is 4.76. The fraction of sp³-hybridized carbons (Fsp3) is 1.00. The summed E-state index contributed by atoms with van der Waals surface area (Å²) in [6.07, 6.45) is 1.80. The van der Waals surface area contributed by atoms with Gasteiger partial charge in [-0.15, -0.1) is 23.2 Å². The van der Waals surface area contributed by atoms with Crippen LogP contribution in [-0.4, -0.2) is 26.7 Å². The van der Waals surface area contributed by atoms with Crippen LogP contribution in [0.25, 0.3) is 0 Å². The van der Waals surface area contributed by atoms with Crippen molar-refractivity contribution in [2.24, 2.45) is 0 Å². The molecule has 2 nitrogen and oxygen atoms in total. The maximum Gasteiger partial charge on any atom is 0.125 e. The highest BCUT2D eigenvalue weighted by Gasteiger charge is 2.41. The van der Waals surface area contributed by atoms with Gasteiger partial charge in [0.25, 0.3) is 0 Å². The Labute approximate surface area is 77.0 Å². The highest BCUT2D eigenvalue weighted by molar-refractivity contribution is 6.44. The fourth-order valence-corrected chi connectivity index (χ4v) is 1.89. The van der Waals surface area contributed by atoms with Gasteiger partial charge in [-0.25, -0.2) is 0 Å². The Morgan fingerprint density at radius 1 is 1.55 bits per heavy atom. The predicted octanol–water partition coefficient (Wildman–Crippen LogP) is 2.42. The molecule has 0 unspecified atom stereocenters. The van der Waals surface area contributed by atoms with E-state index in [1.807, 2.05) is 13.8 Å². The highest BCUT2D eigenvalue weighted by Crippen LogP contribution is 2.35. The van der Waals surface area contributed by atoms with Crippen molar-refractivity contribution in [2.75, 3.05) is 0 Å². The highest BCUT2D eigenvalue weighted by atomic mass is 35.5. The number of hydroxylamine groups is 2. The minimum atomic E-state index is -0.498. The Morgan fingerprint density at radius 3 is 2.27 bits per heavy atom. The normalized spacial score (nSPS) is 31.6. The minimum Gasteiger partial charge on any atom is -0.313 e. The first-order chi connectivity index (χ1) is 4.95. The van der Waals surface area contributed by atoms with E-state index >= 15 is 0 Å². The summed E-state index contributed by atoms with van der Waals surface area (Å²) in [7, 11) is 0. The van der Waals surface area contributed by atoms with Crippen LogP contribution < -0.4 is 0 Å². The smallest absolute Gasteiger partial charge is 0.125 e. The molecule has 11 heavy (non-hydrogen) atoms. The molecule has 1 saturated heterocycles. The number of rotatable bonds is 1. The number of hydrogen-bond acceptors (Lipinski definition) is 2. The Bertz CT molecular complexity index is 149. The molecule has 4 heteroatoms. The zero-order valence-corrected chi connectivity index (χ0v) is 8.23. The van der Waals surface area contributed by atoms with Crippen LogP contribution in [0.15, 0.2) is 0 Å². The average molecular weight is 198 g/mol. The van der Waals surface area contributed by atoms with Crippen molar-refractivity contribution in [2.45, 2.75) is 43.1 Å². The Morgan fingerprint density at radius 2 is 2.09 bits per heavy atom. The summed E-state index contributed by atoms with van der Waals surface area (Å²) in [5, 5.41) is 10.8. The van der Waals surface area contributed by atoms with Crippen molar-refractivity contribution in [3.05, 3.63) is 0 Å². The van der Waals surface area contributed by atoms with Gasteiger partial charge in [0.15, 0.2) is 0 Å². The molecule has 0 aromatic rings. The van der Waals surface area contributed by atoms with Crippen LogP contribution in [0, 0.1) is 0 Å². The van der Waals surface area contributed by atoms with Crippen molar-refractivity contribution < 1.29 is 5.21 Å². The molecule has 0 aromatic heterocycles. The minimum absolute atomic E-state index is 0.103. The topological polar surface area (TPSA) is 23.5 Å². The average Bonchev–Trinajstić information content (AvgIpc) is 2.09. The molecule has 1 atom stereocenters. The van der Waals surface area contributed by atoms with Gasteiger partial charge in [0, 0.05) is 5.54 Å². The summed E-state index contributed by atoms with van der Waals surface area (Å²) < 4.78 is 0. The summed E-state index contributed by atoms with van der Waals surface area (Å²) in [6, 6.07) is -0.103. The summed E-state index contributed by atoms with van der Waals surface area (Å²) in [6.45, 7) is 3.95. The van der Waals surface area contributed by atoms with Crippen LogP contribution in [-0.2, 0) is 0 Å². The lowest BCUT2D eigenvalue weighted by Crippen LogP contribution is -2.42. The van der Waals surface area contributed by atoms with E-state index in [4.69, 9.17) is 23.2 Å². The van der Waals surface area contributed by atoms with Gasteiger partial charge in [0.2, 0.25) is 0 Å². The second kappa shape index (κ2) is 3.09. The molecule has 0 spiro atoms. The third-order valence-electron chi connectivity index (χ3n) is 2.28. The van der Waals surface area contributed by atoms with E-state index in [2.05, 4.69) is 0 Å². The van der Waals surface area contributed by atoms with Crippen molar-refractivity contribution in [1.82, 2.24) is 5.06 Å². The van der Waals surface area contributed by atoms with Gasteiger partial charge in [-0.2, -0.15) is 5.06 Å². The van der Waals surface area contributed by atoms with Crippen molar-refractivity contribution in [1.29, 1.82) is 0 Å². The lowest BCUT2D eigenvalue weighted by molar-refractivity contribution is -0.161. The van der Waals surface area contributed by atoms with E-state index < -0.39 is 4.84 Å². The van der Waals surface area contributed by atoms with E-state index in [0.717, 1.165) is 12.8 Å². The molecule has 0 radical (unpaired) electrons. The summed E-state index contributed by atoms with van der Waals surface area (Å²) in [5.41, 5.74) is -0.174. The molecule has 1 N–H and O–H groups in total. The van der Waals surface area contributed by atoms with Crippen LogP contribution in [0.3, 0.4) is 0 Å². The summed E-state index contributed by atoms with van der Waals surface area (Å²) in [4.78, 5) is -0.498. The molecule has 1 aliphatic heterocycles. The largest absolute Gasteiger partial charge is 0.313 e. The summed E-state index contributed by atoms with van der Waals surface area (Å²) in [5.74, 6) is 0. The maximum atomic E-state index is 9.55. The lowest BCUT2D eigenvalue weighted by Gasteiger charge is -2.29. The van der Waals surface area contributed by atoms with Crippen LogP contribution in [0.5, 0.6) is 0 Å². The van der Waals surface area contributed by atoms with E-state index in [1.165, 1.54) is 5.06 Å². The van der Waals surface area contributed by atoms with Gasteiger partial charge in [-0.1, -0.05) is 0 Å². The van der Waals surface area contributed by atoms with Gasteiger partial charge >= 0.3 is 0 Å². The molecular formula is C7H13Cl2NO. The van der Waals surface area contributed by atoms with Gasteiger partial charge in [0.1, 0.15) is 4.84 Å². The van der Waals surface area contributed by atoms with Crippen molar-refractivity contribution >= 4 is 23.2 Å². The first kappa shape index (κ1) is 9.59. The van der Waals surface area contributed by atoms with E-state index in [1.54, 1.807) is 0 Å². The Balaban J connectivity index is 2.63. The van der Waals surface area contributed by atoms with Gasteiger partial charge in [0.05, 0.1) is 6.04 Å². The molecule has 1 aliphatic rings. The molecule has 0 bridgehead atoms. The van der Waals surface area contributed by atoms with Crippen molar-refractivity contribution in [3.8, 4) is 0 Å².